The quantitative estimate of drug-likeness (QED) is 0.417. The van der Waals surface area contributed by atoms with E-state index in [1.165, 1.54) is 6.92 Å². The number of alkyl halides is 4. The highest BCUT2D eigenvalue weighted by Gasteiger charge is 2.44. The molecular weight excluding hydrogens is 228 g/mol. The topological polar surface area (TPSA) is 9.23 Å². The molecule has 2 unspecified atom stereocenters. The van der Waals surface area contributed by atoms with E-state index in [9.17, 15) is 17.6 Å². The first kappa shape index (κ1) is 13.2. The van der Waals surface area contributed by atoms with Crippen LogP contribution in [0.25, 0.3) is 0 Å². The molecule has 0 aliphatic carbocycles. The van der Waals surface area contributed by atoms with Gasteiger partial charge < -0.3 is 4.74 Å². The van der Waals surface area contributed by atoms with Gasteiger partial charge in [0.25, 0.3) is 6.36 Å². The number of hydrogen-bond donors (Lipinski definition) is 0. The van der Waals surface area contributed by atoms with E-state index in [2.05, 4.69) is 4.74 Å². The summed E-state index contributed by atoms with van der Waals surface area (Å²) < 4.78 is 51.4. The fourth-order valence-corrected chi connectivity index (χ4v) is 1.02. The molecule has 13 heavy (non-hydrogen) atoms. The SMILES string of the molecule is CC(OC(F)C(F)(F)F)[Si](C)(C)Cl. The van der Waals surface area contributed by atoms with Crippen LogP contribution in [0.15, 0.2) is 0 Å². The van der Waals surface area contributed by atoms with Crippen LogP contribution in [0.2, 0.25) is 13.1 Å². The van der Waals surface area contributed by atoms with Gasteiger partial charge in [-0.3, -0.25) is 0 Å². The molecule has 0 N–H and O–H groups in total. The predicted molar refractivity (Wildman–Crippen MR) is 44.8 cm³/mol. The van der Waals surface area contributed by atoms with Crippen molar-refractivity contribution in [3.05, 3.63) is 0 Å². The second kappa shape index (κ2) is 4.14. The average molecular weight is 239 g/mol. The van der Waals surface area contributed by atoms with Crippen molar-refractivity contribution < 1.29 is 22.3 Å². The van der Waals surface area contributed by atoms with Crippen molar-refractivity contribution >= 4 is 18.5 Å². The lowest BCUT2D eigenvalue weighted by atomic mass is 10.6. The Labute approximate surface area is 79.7 Å². The normalized spacial score (nSPS) is 18.5. The number of rotatable bonds is 3. The monoisotopic (exact) mass is 238 g/mol. The lowest BCUT2D eigenvalue weighted by Gasteiger charge is -2.25. The van der Waals surface area contributed by atoms with Gasteiger partial charge in [0.15, 0.2) is 7.38 Å². The van der Waals surface area contributed by atoms with Gasteiger partial charge >= 0.3 is 6.18 Å². The lowest BCUT2D eigenvalue weighted by Crippen LogP contribution is -2.41. The van der Waals surface area contributed by atoms with Gasteiger partial charge in [0.2, 0.25) is 0 Å². The van der Waals surface area contributed by atoms with E-state index in [0.717, 1.165) is 0 Å². The van der Waals surface area contributed by atoms with Crippen molar-refractivity contribution in [1.82, 2.24) is 0 Å². The molecule has 0 saturated carbocycles. The van der Waals surface area contributed by atoms with Gasteiger partial charge in [-0.2, -0.15) is 24.3 Å². The van der Waals surface area contributed by atoms with Crippen LogP contribution in [0, 0.1) is 0 Å². The average Bonchev–Trinajstić information content (AvgIpc) is 1.82. The Kier molecular flexibility index (Phi) is 4.20. The van der Waals surface area contributed by atoms with E-state index < -0.39 is 25.6 Å². The maximum atomic E-state index is 12.3. The summed E-state index contributed by atoms with van der Waals surface area (Å²) in [5.41, 5.74) is -0.884. The van der Waals surface area contributed by atoms with Gasteiger partial charge in [0, 0.05) is 0 Å². The number of halogens is 5. The minimum absolute atomic E-state index is 0.884. The molecule has 0 heterocycles. The molecule has 1 nitrogen and oxygen atoms in total. The first-order chi connectivity index (χ1) is 5.55. The van der Waals surface area contributed by atoms with Crippen molar-refractivity contribution in [2.45, 2.75) is 38.3 Å². The summed E-state index contributed by atoms with van der Waals surface area (Å²) in [6.07, 6.45) is -8.21. The zero-order valence-corrected chi connectivity index (χ0v) is 9.21. The van der Waals surface area contributed by atoms with Crippen molar-refractivity contribution in [2.75, 3.05) is 0 Å². The Morgan fingerprint density at radius 1 is 1.31 bits per heavy atom. The Morgan fingerprint density at radius 2 is 1.69 bits per heavy atom. The fraction of sp³-hybridized carbons (Fsp3) is 1.00. The van der Waals surface area contributed by atoms with Crippen molar-refractivity contribution in [2.24, 2.45) is 0 Å². The second-order valence-corrected chi connectivity index (χ2v) is 10.1. The van der Waals surface area contributed by atoms with Gasteiger partial charge in [0.1, 0.15) is 0 Å². The van der Waals surface area contributed by atoms with E-state index >= 15 is 0 Å². The third-order valence-corrected chi connectivity index (χ3v) is 4.54. The third-order valence-electron chi connectivity index (χ3n) is 1.55. The first-order valence-corrected chi connectivity index (χ1v) is 7.69. The Hall–Kier alpha value is 0.187. The van der Waals surface area contributed by atoms with E-state index in [0.29, 0.717) is 0 Å². The van der Waals surface area contributed by atoms with Crippen LogP contribution in [0.3, 0.4) is 0 Å². The molecule has 0 radical (unpaired) electrons. The van der Waals surface area contributed by atoms with E-state index in [-0.39, 0.29) is 0 Å². The Balaban J connectivity index is 4.15. The predicted octanol–water partition coefficient (Wildman–Crippen LogP) is 3.23. The smallest absolute Gasteiger partial charge is 0.340 e. The third kappa shape index (κ3) is 4.83. The van der Waals surface area contributed by atoms with Crippen LogP contribution >= 0.6 is 11.1 Å². The standard InChI is InChI=1S/C6H11ClF4OSi/c1-4(13(2,3)7)12-5(8)6(9,10)11/h4-5H,1-3H3. The summed E-state index contributed by atoms with van der Waals surface area (Å²) in [6.45, 7) is 4.52. The Morgan fingerprint density at radius 3 is 1.92 bits per heavy atom. The van der Waals surface area contributed by atoms with E-state index in [1.54, 1.807) is 13.1 Å². The maximum Gasteiger partial charge on any atom is 0.445 e. The van der Waals surface area contributed by atoms with Gasteiger partial charge in [-0.25, -0.2) is 4.39 Å². The molecule has 0 spiro atoms. The molecule has 0 fully saturated rings. The van der Waals surface area contributed by atoms with Crippen LogP contribution in [-0.4, -0.2) is 25.6 Å². The molecule has 0 aliphatic heterocycles. The molecule has 0 aliphatic rings. The molecule has 0 aromatic heterocycles. The van der Waals surface area contributed by atoms with Crippen molar-refractivity contribution in [3.63, 3.8) is 0 Å². The van der Waals surface area contributed by atoms with Gasteiger partial charge in [-0.1, -0.05) is 13.1 Å². The van der Waals surface area contributed by atoms with Crippen LogP contribution in [0.1, 0.15) is 6.92 Å². The van der Waals surface area contributed by atoms with Crippen molar-refractivity contribution in [3.8, 4) is 0 Å². The number of hydrogen-bond acceptors (Lipinski definition) is 1. The summed E-state index contributed by atoms with van der Waals surface area (Å²) in [6, 6.07) is 0. The molecular formula is C6H11ClF4OSi. The highest BCUT2D eigenvalue weighted by Crippen LogP contribution is 2.27. The Bertz CT molecular complexity index is 149. The summed E-state index contributed by atoms with van der Waals surface area (Å²) in [5, 5.41) is 0. The first-order valence-electron chi connectivity index (χ1n) is 3.60. The zero-order chi connectivity index (χ0) is 10.9. The zero-order valence-electron chi connectivity index (χ0n) is 7.45. The number of ether oxygens (including phenoxy) is 1. The molecule has 7 heteroatoms. The molecule has 2 atom stereocenters. The summed E-state index contributed by atoms with van der Waals surface area (Å²) in [5.74, 6) is 0. The fourth-order valence-electron chi connectivity index (χ4n) is 0.418. The highest BCUT2D eigenvalue weighted by molar-refractivity contribution is 7.19. The van der Waals surface area contributed by atoms with Gasteiger partial charge in [0.05, 0.1) is 5.73 Å². The summed E-state index contributed by atoms with van der Waals surface area (Å²) >= 11 is 5.76. The molecule has 0 aromatic rings. The highest BCUT2D eigenvalue weighted by atomic mass is 35.6. The van der Waals surface area contributed by atoms with Crippen LogP contribution < -0.4 is 0 Å². The molecule has 0 aromatic carbocycles. The second-order valence-electron chi connectivity index (χ2n) is 3.20. The molecule has 80 valence electrons. The van der Waals surface area contributed by atoms with Crippen LogP contribution in [0.5, 0.6) is 0 Å². The van der Waals surface area contributed by atoms with Crippen molar-refractivity contribution in [1.29, 1.82) is 0 Å². The summed E-state index contributed by atoms with van der Waals surface area (Å²) in [7, 11) is -2.39. The van der Waals surface area contributed by atoms with Gasteiger partial charge in [-0.15, -0.1) is 0 Å². The van der Waals surface area contributed by atoms with Gasteiger partial charge in [-0.05, 0) is 6.92 Å². The molecule has 0 amide bonds. The largest absolute Gasteiger partial charge is 0.445 e. The summed E-state index contributed by atoms with van der Waals surface area (Å²) in [4.78, 5) is 0. The lowest BCUT2D eigenvalue weighted by molar-refractivity contribution is -0.268. The minimum Gasteiger partial charge on any atom is -0.340 e. The van der Waals surface area contributed by atoms with E-state index in [4.69, 9.17) is 11.1 Å². The van der Waals surface area contributed by atoms with E-state index in [1.807, 2.05) is 0 Å². The maximum absolute atomic E-state index is 12.3. The molecule has 0 saturated heterocycles. The molecule has 0 bridgehead atoms. The molecule has 0 rings (SSSR count). The van der Waals surface area contributed by atoms with Crippen LogP contribution in [0.4, 0.5) is 17.6 Å². The van der Waals surface area contributed by atoms with Crippen LogP contribution in [-0.2, 0) is 4.74 Å². The minimum atomic E-state index is -4.97.